The monoisotopic (exact) mass is 444 g/mol. The van der Waals surface area contributed by atoms with E-state index in [0.717, 1.165) is 0 Å². The van der Waals surface area contributed by atoms with E-state index in [-0.39, 0.29) is 11.1 Å². The Labute approximate surface area is 179 Å². The molecule has 4 aliphatic rings. The van der Waals surface area contributed by atoms with Gasteiger partial charge >= 0.3 is 0 Å². The lowest BCUT2D eigenvalue weighted by molar-refractivity contribution is 0.480. The van der Waals surface area contributed by atoms with Gasteiger partial charge in [-0.3, -0.25) is 18.7 Å². The van der Waals surface area contributed by atoms with Crippen molar-refractivity contribution in [1.82, 2.24) is 38.7 Å². The molecule has 12 heteroatoms. The first-order valence-corrected chi connectivity index (χ1v) is 12.1. The van der Waals surface area contributed by atoms with Gasteiger partial charge < -0.3 is 0 Å². The molecule has 156 valence electrons. The Morgan fingerprint density at radius 2 is 1.17 bits per heavy atom. The van der Waals surface area contributed by atoms with Gasteiger partial charge in [0.2, 0.25) is 0 Å². The maximum absolute atomic E-state index is 13.1. The third kappa shape index (κ3) is 2.97. The lowest BCUT2D eigenvalue weighted by atomic mass is 10.3. The largest absolute Gasteiger partial charge is 0.287 e. The fourth-order valence-electron chi connectivity index (χ4n) is 3.85. The van der Waals surface area contributed by atoms with E-state index >= 15 is 0 Å². The predicted molar refractivity (Wildman–Crippen MR) is 116 cm³/mol. The van der Waals surface area contributed by atoms with Crippen molar-refractivity contribution in [2.75, 3.05) is 12.5 Å². The Morgan fingerprint density at radius 1 is 0.733 bits per heavy atom. The van der Waals surface area contributed by atoms with Crippen LogP contribution < -0.4 is 11.1 Å². The van der Waals surface area contributed by atoms with Crippen LogP contribution in [-0.2, 0) is 26.2 Å². The van der Waals surface area contributed by atoms with Crippen LogP contribution in [0.25, 0.3) is 22.1 Å². The standard InChI is InChI=1S/C18H20N8O2S2/c1-29-17-21-13-11-9-19-25(13)7-4-8-26-14-12(10-20-26)16(28)24(18(22-14)30-2)6-3-5-23(17)15(11)27/h9-10H,3-8H2,1-2H3. The molecule has 0 unspecified atom stereocenters. The SMILES string of the molecule is CSc1nc2c3cnn2CCCn2ncc4c(=O)n(c(SC)nc42)CCCn1c3=O. The maximum Gasteiger partial charge on any atom is 0.265 e. The first kappa shape index (κ1) is 19.4. The summed E-state index contributed by atoms with van der Waals surface area (Å²) in [5, 5.41) is 11.2. The molecular formula is C18H20N8O2S2. The van der Waals surface area contributed by atoms with Crippen LogP contribution in [0.5, 0.6) is 0 Å². The van der Waals surface area contributed by atoms with E-state index in [0.29, 0.717) is 71.4 Å². The fourth-order valence-corrected chi connectivity index (χ4v) is 5.00. The summed E-state index contributed by atoms with van der Waals surface area (Å²) in [6, 6.07) is 0. The normalized spacial score (nSPS) is 14.7. The lowest BCUT2D eigenvalue weighted by Crippen LogP contribution is -2.27. The van der Waals surface area contributed by atoms with E-state index in [1.54, 1.807) is 30.9 Å². The molecule has 0 aromatic carbocycles. The molecule has 0 atom stereocenters. The quantitative estimate of drug-likeness (QED) is 0.338. The van der Waals surface area contributed by atoms with E-state index in [4.69, 9.17) is 9.97 Å². The molecule has 0 N–H and O–H groups in total. The predicted octanol–water partition coefficient (Wildman–Crippen LogP) is 1.44. The second-order valence-corrected chi connectivity index (χ2v) is 8.57. The van der Waals surface area contributed by atoms with Crippen LogP contribution in [0.3, 0.4) is 0 Å². The fraction of sp³-hybridized carbons (Fsp3) is 0.444. The maximum atomic E-state index is 13.1. The molecular weight excluding hydrogens is 424 g/mol. The van der Waals surface area contributed by atoms with Crippen molar-refractivity contribution in [2.24, 2.45) is 0 Å². The van der Waals surface area contributed by atoms with Crippen molar-refractivity contribution in [3.63, 3.8) is 0 Å². The summed E-state index contributed by atoms with van der Waals surface area (Å²) in [4.78, 5) is 35.6. The number of nitrogens with zero attached hydrogens (tertiary/aromatic N) is 8. The van der Waals surface area contributed by atoms with Crippen LogP contribution in [0.4, 0.5) is 0 Å². The van der Waals surface area contributed by atoms with Gasteiger partial charge in [-0.15, -0.1) is 0 Å². The number of hydrogen-bond acceptors (Lipinski definition) is 8. The molecule has 0 spiro atoms. The Kier molecular flexibility index (Phi) is 4.89. The van der Waals surface area contributed by atoms with Gasteiger partial charge in [-0.1, -0.05) is 23.5 Å². The number of hydrogen-bond donors (Lipinski definition) is 0. The zero-order valence-corrected chi connectivity index (χ0v) is 18.2. The molecule has 8 rings (SSSR count). The summed E-state index contributed by atoms with van der Waals surface area (Å²) in [6.45, 7) is 2.09. The van der Waals surface area contributed by atoms with E-state index in [1.165, 1.54) is 23.5 Å². The highest BCUT2D eigenvalue weighted by atomic mass is 32.2. The second-order valence-electron chi connectivity index (χ2n) is 7.03. The molecule has 4 aromatic rings. The van der Waals surface area contributed by atoms with Gasteiger partial charge in [0.1, 0.15) is 10.8 Å². The highest BCUT2D eigenvalue weighted by molar-refractivity contribution is 7.98. The molecule has 0 amide bonds. The second kappa shape index (κ2) is 7.58. The van der Waals surface area contributed by atoms with Gasteiger partial charge in [0, 0.05) is 26.2 Å². The molecule has 30 heavy (non-hydrogen) atoms. The highest BCUT2D eigenvalue weighted by Crippen LogP contribution is 2.19. The summed E-state index contributed by atoms with van der Waals surface area (Å²) in [7, 11) is 0. The van der Waals surface area contributed by atoms with Gasteiger partial charge in [-0.05, 0) is 25.4 Å². The summed E-state index contributed by atoms with van der Waals surface area (Å²) in [5.41, 5.74) is 1.04. The average Bonchev–Trinajstić information content (AvgIpc) is 3.34. The number of aromatic nitrogens is 8. The molecule has 0 aliphatic carbocycles. The molecule has 0 radical (unpaired) electrons. The molecule has 8 bridgehead atoms. The molecule has 4 aromatic heterocycles. The zero-order chi connectivity index (χ0) is 20.8. The van der Waals surface area contributed by atoms with Gasteiger partial charge in [0.05, 0.1) is 12.4 Å². The minimum absolute atomic E-state index is 0.0939. The van der Waals surface area contributed by atoms with E-state index in [2.05, 4.69) is 10.2 Å². The Bertz CT molecular complexity index is 1280. The topological polar surface area (TPSA) is 105 Å². The molecule has 0 fully saturated rings. The summed E-state index contributed by atoms with van der Waals surface area (Å²) in [6.07, 6.45) is 8.33. The summed E-state index contributed by atoms with van der Waals surface area (Å²) < 4.78 is 6.90. The number of aryl methyl sites for hydroxylation is 2. The summed E-state index contributed by atoms with van der Waals surface area (Å²) in [5.74, 6) is 0. The van der Waals surface area contributed by atoms with Crippen LogP contribution in [0.1, 0.15) is 12.8 Å². The molecule has 10 nitrogen and oxygen atoms in total. The summed E-state index contributed by atoms with van der Waals surface area (Å²) >= 11 is 2.87. The van der Waals surface area contributed by atoms with Crippen molar-refractivity contribution >= 4 is 45.6 Å². The number of rotatable bonds is 2. The molecule has 4 aliphatic heterocycles. The van der Waals surface area contributed by atoms with Crippen molar-refractivity contribution in [1.29, 1.82) is 0 Å². The van der Waals surface area contributed by atoms with E-state index in [1.807, 2.05) is 12.5 Å². The van der Waals surface area contributed by atoms with Gasteiger partial charge in [-0.25, -0.2) is 19.3 Å². The van der Waals surface area contributed by atoms with Crippen molar-refractivity contribution in [2.45, 2.75) is 49.3 Å². The Morgan fingerprint density at radius 3 is 1.60 bits per heavy atom. The molecule has 0 saturated carbocycles. The minimum Gasteiger partial charge on any atom is -0.287 e. The van der Waals surface area contributed by atoms with Gasteiger partial charge in [0.25, 0.3) is 11.1 Å². The van der Waals surface area contributed by atoms with Crippen molar-refractivity contribution in [3.8, 4) is 0 Å². The Balaban J connectivity index is 1.68. The third-order valence-corrected chi connectivity index (χ3v) is 6.66. The Hall–Kier alpha value is -2.60. The average molecular weight is 445 g/mol. The van der Waals surface area contributed by atoms with Crippen molar-refractivity contribution in [3.05, 3.63) is 33.1 Å². The van der Waals surface area contributed by atoms with Crippen LogP contribution in [-0.4, -0.2) is 51.2 Å². The van der Waals surface area contributed by atoms with Crippen LogP contribution in [0.2, 0.25) is 0 Å². The van der Waals surface area contributed by atoms with Crippen LogP contribution in [0.15, 0.2) is 32.3 Å². The highest BCUT2D eigenvalue weighted by Gasteiger charge is 2.18. The van der Waals surface area contributed by atoms with Crippen LogP contribution in [0, 0.1) is 0 Å². The number of thioether (sulfide) groups is 2. The zero-order valence-electron chi connectivity index (χ0n) is 16.6. The third-order valence-electron chi connectivity index (χ3n) is 5.31. The van der Waals surface area contributed by atoms with E-state index in [9.17, 15) is 9.59 Å². The smallest absolute Gasteiger partial charge is 0.265 e. The minimum atomic E-state index is -0.0939. The molecule has 0 saturated heterocycles. The first-order valence-electron chi connectivity index (χ1n) is 9.63. The van der Waals surface area contributed by atoms with Crippen LogP contribution >= 0.6 is 23.5 Å². The van der Waals surface area contributed by atoms with Gasteiger partial charge in [0.15, 0.2) is 21.6 Å². The van der Waals surface area contributed by atoms with Gasteiger partial charge in [-0.2, -0.15) is 10.2 Å². The molecule has 8 heterocycles. The van der Waals surface area contributed by atoms with E-state index < -0.39 is 0 Å². The lowest BCUT2D eigenvalue weighted by Gasteiger charge is -2.14. The van der Waals surface area contributed by atoms with Crippen molar-refractivity contribution < 1.29 is 0 Å². The first-order chi connectivity index (χ1) is 14.6.